The van der Waals surface area contributed by atoms with Crippen molar-refractivity contribution in [2.24, 2.45) is 0 Å². The summed E-state index contributed by atoms with van der Waals surface area (Å²) in [6.45, 7) is 4.10. The Morgan fingerprint density at radius 2 is 2.05 bits per heavy atom. The first-order chi connectivity index (χ1) is 10.2. The van der Waals surface area contributed by atoms with E-state index < -0.39 is 0 Å². The van der Waals surface area contributed by atoms with Gasteiger partial charge in [0.25, 0.3) is 0 Å². The molecule has 0 radical (unpaired) electrons. The van der Waals surface area contributed by atoms with E-state index in [-0.39, 0.29) is 0 Å². The van der Waals surface area contributed by atoms with Crippen molar-refractivity contribution in [2.75, 3.05) is 23.7 Å². The van der Waals surface area contributed by atoms with Crippen LogP contribution >= 0.6 is 0 Å². The topological polar surface area (TPSA) is 67.1 Å². The van der Waals surface area contributed by atoms with Crippen molar-refractivity contribution < 1.29 is 0 Å². The zero-order chi connectivity index (χ0) is 14.4. The Bertz CT molecular complexity index is 670. The van der Waals surface area contributed by atoms with Gasteiger partial charge in [-0.2, -0.15) is 0 Å². The number of anilines is 2. The molecule has 108 valence electrons. The van der Waals surface area contributed by atoms with Gasteiger partial charge in [0.15, 0.2) is 0 Å². The summed E-state index contributed by atoms with van der Waals surface area (Å²) in [7, 11) is 0. The highest BCUT2D eigenvalue weighted by Gasteiger charge is 2.39. The van der Waals surface area contributed by atoms with E-state index in [1.807, 2.05) is 25.1 Å². The third-order valence-corrected chi connectivity index (χ3v) is 4.47. The van der Waals surface area contributed by atoms with Crippen LogP contribution in [-0.2, 0) is 0 Å². The third-order valence-electron chi connectivity index (χ3n) is 4.47. The number of nitrogens with one attached hydrogen (secondary N) is 1. The van der Waals surface area contributed by atoms with Crippen molar-refractivity contribution in [3.8, 4) is 11.3 Å². The van der Waals surface area contributed by atoms with Crippen LogP contribution in [0.15, 0.2) is 30.3 Å². The van der Waals surface area contributed by atoms with E-state index >= 15 is 0 Å². The zero-order valence-electron chi connectivity index (χ0n) is 12.1. The molecule has 0 amide bonds. The van der Waals surface area contributed by atoms with Crippen molar-refractivity contribution in [2.45, 2.75) is 25.4 Å². The molecule has 0 aliphatic carbocycles. The quantitative estimate of drug-likeness (QED) is 0.875. The maximum absolute atomic E-state index is 5.89. The van der Waals surface area contributed by atoms with Gasteiger partial charge in [-0.1, -0.05) is 30.3 Å². The summed E-state index contributed by atoms with van der Waals surface area (Å²) in [4.78, 5) is 11.4. The first-order valence-electron chi connectivity index (χ1n) is 7.42. The van der Waals surface area contributed by atoms with Crippen LogP contribution in [0.25, 0.3) is 11.3 Å². The molecule has 0 saturated carbocycles. The second-order valence-corrected chi connectivity index (χ2v) is 5.88. The summed E-state index contributed by atoms with van der Waals surface area (Å²) in [5, 5.41) is 3.54. The molecule has 2 fully saturated rings. The Morgan fingerprint density at radius 3 is 2.71 bits per heavy atom. The second kappa shape index (κ2) is 4.70. The molecule has 1 aromatic carbocycles. The van der Waals surface area contributed by atoms with E-state index in [1.165, 1.54) is 6.42 Å². The van der Waals surface area contributed by atoms with Gasteiger partial charge in [0, 0.05) is 30.7 Å². The SMILES string of the molecule is Cc1nc(N)nc(-c2ccccc2)c1N1CC2CC1CN2. The molecule has 5 heteroatoms. The van der Waals surface area contributed by atoms with Crippen molar-refractivity contribution in [3.05, 3.63) is 36.0 Å². The molecule has 3 N–H and O–H groups in total. The van der Waals surface area contributed by atoms with Gasteiger partial charge in [-0.3, -0.25) is 0 Å². The first-order valence-corrected chi connectivity index (χ1v) is 7.42. The summed E-state index contributed by atoms with van der Waals surface area (Å²) in [6.07, 6.45) is 1.21. The number of piperazine rings is 1. The summed E-state index contributed by atoms with van der Waals surface area (Å²) in [6, 6.07) is 11.4. The molecule has 2 aromatic rings. The van der Waals surface area contributed by atoms with Crippen LogP contribution in [0.1, 0.15) is 12.1 Å². The van der Waals surface area contributed by atoms with Gasteiger partial charge in [0.2, 0.25) is 5.95 Å². The minimum Gasteiger partial charge on any atom is -0.368 e. The first kappa shape index (κ1) is 12.6. The van der Waals surface area contributed by atoms with Gasteiger partial charge in [0.1, 0.15) is 0 Å². The maximum Gasteiger partial charge on any atom is 0.220 e. The predicted molar refractivity (Wildman–Crippen MR) is 84.2 cm³/mol. The number of hydrogen-bond acceptors (Lipinski definition) is 5. The third kappa shape index (κ3) is 2.05. The number of nitrogens with two attached hydrogens (primary N) is 1. The van der Waals surface area contributed by atoms with E-state index in [9.17, 15) is 0 Å². The molecule has 2 unspecified atom stereocenters. The number of aryl methyl sites for hydroxylation is 1. The molecule has 2 bridgehead atoms. The second-order valence-electron chi connectivity index (χ2n) is 5.88. The predicted octanol–water partition coefficient (Wildman–Crippen LogP) is 1.58. The molecule has 21 heavy (non-hydrogen) atoms. The van der Waals surface area contributed by atoms with Gasteiger partial charge in [-0.05, 0) is 13.3 Å². The fourth-order valence-corrected chi connectivity index (χ4v) is 3.56. The number of nitrogens with zero attached hydrogens (tertiary/aromatic N) is 3. The van der Waals surface area contributed by atoms with E-state index in [4.69, 9.17) is 5.73 Å². The monoisotopic (exact) mass is 281 g/mol. The fourth-order valence-electron chi connectivity index (χ4n) is 3.56. The van der Waals surface area contributed by atoms with Crippen molar-refractivity contribution in [1.82, 2.24) is 15.3 Å². The summed E-state index contributed by atoms with van der Waals surface area (Å²) >= 11 is 0. The molecule has 2 atom stereocenters. The highest BCUT2D eigenvalue weighted by atomic mass is 15.3. The van der Waals surface area contributed by atoms with Crippen LogP contribution in [0.4, 0.5) is 11.6 Å². The Balaban J connectivity index is 1.86. The number of rotatable bonds is 2. The Morgan fingerprint density at radius 1 is 1.24 bits per heavy atom. The molecule has 2 aliphatic rings. The van der Waals surface area contributed by atoms with Crippen LogP contribution in [0.2, 0.25) is 0 Å². The number of nitrogen functional groups attached to an aromatic ring is 1. The highest BCUT2D eigenvalue weighted by molar-refractivity contribution is 5.78. The fraction of sp³-hybridized carbons (Fsp3) is 0.375. The lowest BCUT2D eigenvalue weighted by Gasteiger charge is -2.31. The van der Waals surface area contributed by atoms with E-state index in [2.05, 4.69) is 32.3 Å². The number of aromatic nitrogens is 2. The lowest BCUT2D eigenvalue weighted by molar-refractivity contribution is 0.578. The van der Waals surface area contributed by atoms with Crippen LogP contribution in [0.5, 0.6) is 0 Å². The highest BCUT2D eigenvalue weighted by Crippen LogP contribution is 2.37. The normalized spacial score (nSPS) is 23.8. The van der Waals surface area contributed by atoms with Crippen LogP contribution < -0.4 is 16.0 Å². The van der Waals surface area contributed by atoms with Crippen molar-refractivity contribution >= 4 is 11.6 Å². The molecule has 5 nitrogen and oxygen atoms in total. The van der Waals surface area contributed by atoms with Crippen LogP contribution in [-0.4, -0.2) is 35.1 Å². The van der Waals surface area contributed by atoms with Crippen molar-refractivity contribution in [3.63, 3.8) is 0 Å². The maximum atomic E-state index is 5.89. The molecular weight excluding hydrogens is 262 g/mol. The van der Waals surface area contributed by atoms with E-state index in [1.54, 1.807) is 0 Å². The molecule has 2 aliphatic heterocycles. The van der Waals surface area contributed by atoms with Crippen molar-refractivity contribution in [1.29, 1.82) is 0 Å². The van der Waals surface area contributed by atoms with Gasteiger partial charge in [-0.25, -0.2) is 9.97 Å². The Kier molecular flexibility index (Phi) is 2.82. The zero-order valence-corrected chi connectivity index (χ0v) is 12.1. The number of hydrogen-bond donors (Lipinski definition) is 2. The minimum atomic E-state index is 0.345. The smallest absolute Gasteiger partial charge is 0.220 e. The average molecular weight is 281 g/mol. The largest absolute Gasteiger partial charge is 0.368 e. The molecule has 1 aromatic heterocycles. The minimum absolute atomic E-state index is 0.345. The summed E-state index contributed by atoms with van der Waals surface area (Å²) in [5.41, 5.74) is 10.0. The lowest BCUT2D eigenvalue weighted by atomic mass is 10.1. The molecule has 4 rings (SSSR count). The number of fused-ring (bicyclic) bond motifs is 2. The van der Waals surface area contributed by atoms with E-state index in [0.29, 0.717) is 18.0 Å². The number of benzene rings is 1. The Labute approximate surface area is 124 Å². The summed E-state index contributed by atoms with van der Waals surface area (Å²) < 4.78 is 0. The molecule has 0 spiro atoms. The van der Waals surface area contributed by atoms with Gasteiger partial charge >= 0.3 is 0 Å². The Hall–Kier alpha value is -2.14. The van der Waals surface area contributed by atoms with Crippen LogP contribution in [0, 0.1) is 6.92 Å². The summed E-state index contributed by atoms with van der Waals surface area (Å²) in [5.74, 6) is 0.345. The van der Waals surface area contributed by atoms with Gasteiger partial charge in [-0.15, -0.1) is 0 Å². The van der Waals surface area contributed by atoms with Gasteiger partial charge < -0.3 is 16.0 Å². The molecular formula is C16H19N5. The molecule has 3 heterocycles. The average Bonchev–Trinajstić information content (AvgIpc) is 3.10. The van der Waals surface area contributed by atoms with E-state index in [0.717, 1.165) is 35.7 Å². The molecule has 2 saturated heterocycles. The van der Waals surface area contributed by atoms with Crippen LogP contribution in [0.3, 0.4) is 0 Å². The standard InChI is InChI=1S/C16H19N5/c1-10-15(21-9-12-7-13(21)8-18-12)14(20-16(17)19-10)11-5-3-2-4-6-11/h2-6,12-13,18H,7-9H2,1H3,(H2,17,19,20). The lowest BCUT2D eigenvalue weighted by Crippen LogP contribution is -2.44. The van der Waals surface area contributed by atoms with Gasteiger partial charge in [0.05, 0.1) is 17.1 Å².